The molecule has 0 aromatic heterocycles. The Bertz CT molecular complexity index is 965. The molecular weight excluding hydrogens is 455 g/mol. The van der Waals surface area contributed by atoms with Crippen molar-refractivity contribution >= 4 is 0 Å². The van der Waals surface area contributed by atoms with E-state index in [9.17, 15) is 0 Å². The Kier molecular flexibility index (Phi) is 10.1. The molecule has 2 fully saturated rings. The highest BCUT2D eigenvalue weighted by molar-refractivity contribution is 5.68. The summed E-state index contributed by atoms with van der Waals surface area (Å²) in [5, 5.41) is 0. The molecule has 0 saturated heterocycles. The first-order valence-electron chi connectivity index (χ1n) is 15.6. The zero-order valence-corrected chi connectivity index (χ0v) is 24.3. The monoisotopic (exact) mass is 506 g/mol. The average molecular weight is 507 g/mol. The minimum absolute atomic E-state index is 0.0734. The summed E-state index contributed by atoms with van der Waals surface area (Å²) in [6.07, 6.45) is 14.8. The molecule has 0 bridgehead atoms. The Morgan fingerprint density at radius 3 is 1.86 bits per heavy atom. The van der Waals surface area contributed by atoms with Gasteiger partial charge in [0.1, 0.15) is 11.6 Å². The van der Waals surface area contributed by atoms with E-state index in [-0.39, 0.29) is 5.82 Å². The molecule has 37 heavy (non-hydrogen) atoms. The van der Waals surface area contributed by atoms with Gasteiger partial charge in [0.2, 0.25) is 0 Å². The molecule has 0 radical (unpaired) electrons. The summed E-state index contributed by atoms with van der Waals surface area (Å²) in [4.78, 5) is 0. The van der Waals surface area contributed by atoms with Crippen molar-refractivity contribution in [2.24, 2.45) is 23.7 Å². The maximum absolute atomic E-state index is 15.6. The number of hydrogen-bond acceptors (Lipinski definition) is 1. The van der Waals surface area contributed by atoms with Crippen molar-refractivity contribution in [3.63, 3.8) is 0 Å². The molecule has 4 rings (SSSR count). The van der Waals surface area contributed by atoms with Gasteiger partial charge in [-0.15, -0.1) is 0 Å². The highest BCUT2D eigenvalue weighted by atomic mass is 19.1. The molecule has 2 aliphatic rings. The molecule has 204 valence electrons. The zero-order chi connectivity index (χ0) is 26.4. The van der Waals surface area contributed by atoms with Crippen molar-refractivity contribution < 1.29 is 9.13 Å². The first kappa shape index (κ1) is 28.2. The maximum Gasteiger partial charge on any atom is 0.131 e. The van der Waals surface area contributed by atoms with Gasteiger partial charge in [0.05, 0.1) is 6.61 Å². The van der Waals surface area contributed by atoms with Gasteiger partial charge in [-0.3, -0.25) is 0 Å². The average Bonchev–Trinajstić information content (AvgIpc) is 2.93. The second-order valence-electron chi connectivity index (χ2n) is 12.2. The third-order valence-corrected chi connectivity index (χ3v) is 9.90. The number of halogens is 1. The summed E-state index contributed by atoms with van der Waals surface area (Å²) < 4.78 is 22.0. The summed E-state index contributed by atoms with van der Waals surface area (Å²) in [6, 6.07) is 10.4. The summed E-state index contributed by atoms with van der Waals surface area (Å²) in [7, 11) is 0. The highest BCUT2D eigenvalue weighted by Gasteiger charge is 2.30. The largest absolute Gasteiger partial charge is 0.493 e. The Labute approximate surface area is 226 Å². The topological polar surface area (TPSA) is 9.23 Å². The van der Waals surface area contributed by atoms with Crippen LogP contribution in [0.1, 0.15) is 121 Å². The number of hydrogen-bond donors (Lipinski definition) is 0. The van der Waals surface area contributed by atoms with Crippen LogP contribution in [0.5, 0.6) is 5.75 Å². The van der Waals surface area contributed by atoms with Crippen LogP contribution >= 0.6 is 0 Å². The van der Waals surface area contributed by atoms with E-state index in [2.05, 4.69) is 52.8 Å². The van der Waals surface area contributed by atoms with Gasteiger partial charge in [0.25, 0.3) is 0 Å². The Morgan fingerprint density at radius 2 is 1.35 bits per heavy atom. The third kappa shape index (κ3) is 6.79. The van der Waals surface area contributed by atoms with Crippen LogP contribution < -0.4 is 4.74 Å². The lowest BCUT2D eigenvalue weighted by atomic mass is 9.68. The summed E-state index contributed by atoms with van der Waals surface area (Å²) in [6.45, 7) is 12.0. The van der Waals surface area contributed by atoms with Crippen molar-refractivity contribution in [3.8, 4) is 16.9 Å². The molecule has 0 unspecified atom stereocenters. The zero-order valence-electron chi connectivity index (χ0n) is 24.3. The minimum Gasteiger partial charge on any atom is -0.493 e. The molecule has 0 amide bonds. The van der Waals surface area contributed by atoms with E-state index in [1.807, 2.05) is 12.1 Å². The molecule has 2 heteroatoms. The SMILES string of the molecule is CCc1cc(-c2ccc(C3CCC(C4CCC(C)CC4)CC3)cc2F)cc(CC)c1OCC(CC)CC. The van der Waals surface area contributed by atoms with E-state index in [1.165, 1.54) is 68.1 Å². The Balaban J connectivity index is 1.47. The first-order chi connectivity index (χ1) is 18.0. The molecule has 2 aromatic rings. The lowest BCUT2D eigenvalue weighted by molar-refractivity contribution is 0.165. The second-order valence-corrected chi connectivity index (χ2v) is 12.2. The summed E-state index contributed by atoms with van der Waals surface area (Å²) in [5.74, 6) is 4.82. The lowest BCUT2D eigenvalue weighted by Gasteiger charge is -2.37. The normalized spacial score (nSPS) is 24.4. The summed E-state index contributed by atoms with van der Waals surface area (Å²) >= 11 is 0. The van der Waals surface area contributed by atoms with Gasteiger partial charge in [0.15, 0.2) is 0 Å². The maximum atomic E-state index is 15.6. The van der Waals surface area contributed by atoms with Crippen molar-refractivity contribution in [2.75, 3.05) is 6.61 Å². The predicted molar refractivity (Wildman–Crippen MR) is 156 cm³/mol. The third-order valence-electron chi connectivity index (χ3n) is 9.90. The van der Waals surface area contributed by atoms with Crippen LogP contribution in [-0.4, -0.2) is 6.61 Å². The Hall–Kier alpha value is -1.83. The van der Waals surface area contributed by atoms with Gasteiger partial charge in [-0.05, 0) is 121 Å². The number of ether oxygens (including phenoxy) is 1. The molecule has 0 heterocycles. The van der Waals surface area contributed by atoms with Gasteiger partial charge in [0, 0.05) is 5.56 Å². The number of aryl methyl sites for hydroxylation is 2. The number of rotatable bonds is 10. The van der Waals surface area contributed by atoms with Crippen molar-refractivity contribution in [1.29, 1.82) is 0 Å². The van der Waals surface area contributed by atoms with E-state index < -0.39 is 0 Å². The van der Waals surface area contributed by atoms with Crippen LogP contribution in [0.2, 0.25) is 0 Å². The smallest absolute Gasteiger partial charge is 0.131 e. The first-order valence-corrected chi connectivity index (χ1v) is 15.6. The summed E-state index contributed by atoms with van der Waals surface area (Å²) in [5.41, 5.74) is 5.31. The molecule has 0 N–H and O–H groups in total. The van der Waals surface area contributed by atoms with Crippen LogP contribution in [0.25, 0.3) is 11.1 Å². The predicted octanol–water partition coefficient (Wildman–Crippen LogP) is 10.5. The number of benzene rings is 2. The molecule has 0 atom stereocenters. The quantitative estimate of drug-likeness (QED) is 0.311. The molecule has 2 aliphatic carbocycles. The molecule has 2 aromatic carbocycles. The van der Waals surface area contributed by atoms with E-state index in [1.54, 1.807) is 0 Å². The fraction of sp³-hybridized carbons (Fsp3) is 0.657. The van der Waals surface area contributed by atoms with Crippen LogP contribution in [-0.2, 0) is 12.8 Å². The fourth-order valence-electron chi connectivity index (χ4n) is 7.05. The van der Waals surface area contributed by atoms with Crippen molar-refractivity contribution in [2.45, 2.75) is 118 Å². The van der Waals surface area contributed by atoms with Crippen LogP contribution in [0.3, 0.4) is 0 Å². The molecule has 1 nitrogen and oxygen atoms in total. The van der Waals surface area contributed by atoms with E-state index >= 15 is 4.39 Å². The van der Waals surface area contributed by atoms with Crippen molar-refractivity contribution in [1.82, 2.24) is 0 Å². The van der Waals surface area contributed by atoms with Gasteiger partial charge in [-0.2, -0.15) is 0 Å². The molecule has 0 spiro atoms. The van der Waals surface area contributed by atoms with Crippen LogP contribution in [0.15, 0.2) is 30.3 Å². The second kappa shape index (κ2) is 13.3. The molecule has 2 saturated carbocycles. The van der Waals surface area contributed by atoms with E-state index in [4.69, 9.17) is 4.74 Å². The minimum atomic E-state index is -0.0734. The standard InChI is InChI=1S/C35H51FO/c1-6-25(7-2)23-37-35-26(8-3)20-32(21-27(35)9-4)33-19-18-31(22-34(33)36)30-16-14-29(15-17-30)28-12-10-24(5)11-13-28/h18-22,24-25,28-30H,6-17,23H2,1-5H3. The van der Waals surface area contributed by atoms with Gasteiger partial charge >= 0.3 is 0 Å². The van der Waals surface area contributed by atoms with Gasteiger partial charge < -0.3 is 4.74 Å². The van der Waals surface area contributed by atoms with E-state index in [0.717, 1.165) is 66.9 Å². The van der Waals surface area contributed by atoms with Gasteiger partial charge in [-0.25, -0.2) is 4.39 Å². The van der Waals surface area contributed by atoms with Crippen LogP contribution in [0, 0.1) is 29.5 Å². The molecular formula is C35H51FO. The van der Waals surface area contributed by atoms with Crippen LogP contribution in [0.4, 0.5) is 4.39 Å². The lowest BCUT2D eigenvalue weighted by Crippen LogP contribution is -2.24. The van der Waals surface area contributed by atoms with Crippen molar-refractivity contribution in [3.05, 3.63) is 52.8 Å². The van der Waals surface area contributed by atoms with E-state index in [0.29, 0.717) is 11.8 Å². The van der Waals surface area contributed by atoms with Gasteiger partial charge in [-0.1, -0.05) is 72.4 Å². The molecule has 0 aliphatic heterocycles. The highest BCUT2D eigenvalue weighted by Crippen LogP contribution is 2.44. The Morgan fingerprint density at radius 1 is 0.784 bits per heavy atom. The fourth-order valence-corrected chi connectivity index (χ4v) is 7.05.